The molecule has 0 aliphatic rings. The molecule has 0 N–H and O–H groups in total. The van der Waals surface area contributed by atoms with Gasteiger partial charge >= 0.3 is 0 Å². The van der Waals surface area contributed by atoms with E-state index < -0.39 is 0 Å². The van der Waals surface area contributed by atoms with Gasteiger partial charge < -0.3 is 0 Å². The van der Waals surface area contributed by atoms with Crippen molar-refractivity contribution in [1.82, 2.24) is 9.97 Å². The predicted molar refractivity (Wildman–Crippen MR) is 207 cm³/mol. The van der Waals surface area contributed by atoms with Crippen molar-refractivity contribution in [3.8, 4) is 29.5 Å². The zero-order chi connectivity index (χ0) is 31.0. The summed E-state index contributed by atoms with van der Waals surface area (Å²) in [6.45, 7) is 4.59. The number of nitrogens with zero attached hydrogens (tertiary/aromatic N) is 2. The fourth-order valence-electron chi connectivity index (χ4n) is 5.69. The second kappa shape index (κ2) is 20.8. The van der Waals surface area contributed by atoms with E-state index in [9.17, 15) is 0 Å². The summed E-state index contributed by atoms with van der Waals surface area (Å²) in [5.41, 5.74) is 2.52. The van der Waals surface area contributed by atoms with Crippen molar-refractivity contribution in [2.45, 2.75) is 142 Å². The molecule has 4 rings (SSSR count). The highest BCUT2D eigenvalue weighted by Gasteiger charge is 2.21. The smallest absolute Gasteiger partial charge is 0.153 e. The third-order valence-corrected chi connectivity index (χ3v) is 14.2. The number of rotatable bonds is 23. The molecule has 2 nitrogen and oxygen atoms in total. The highest BCUT2D eigenvalue weighted by Crippen LogP contribution is 2.45. The predicted octanol–water partition coefficient (Wildman–Crippen LogP) is 15.4. The first kappa shape index (κ1) is 36.5. The maximum Gasteiger partial charge on any atom is 0.153 e. The quantitative estimate of drug-likeness (QED) is 0.0699. The van der Waals surface area contributed by atoms with Gasteiger partial charge in [0.15, 0.2) is 10.0 Å². The van der Waals surface area contributed by atoms with E-state index >= 15 is 0 Å². The molecule has 44 heavy (non-hydrogen) atoms. The van der Waals surface area contributed by atoms with Crippen LogP contribution in [0, 0.1) is 0 Å². The van der Waals surface area contributed by atoms with Gasteiger partial charge in [-0.25, -0.2) is 9.97 Å². The molecule has 0 atom stereocenters. The van der Waals surface area contributed by atoms with Crippen LogP contribution in [0.3, 0.4) is 0 Å². The topological polar surface area (TPSA) is 25.8 Å². The Labute approximate surface area is 299 Å². The van der Waals surface area contributed by atoms with E-state index in [0.717, 1.165) is 22.9 Å². The molecule has 0 fully saturated rings. The molecule has 0 bridgehead atoms. The largest absolute Gasteiger partial charge is 0.238 e. The normalized spacial score (nSPS) is 11.6. The van der Waals surface area contributed by atoms with Gasteiger partial charge in [0, 0.05) is 9.75 Å². The number of aryl methyl sites for hydroxylation is 2. The molecule has 0 amide bonds. The van der Waals surface area contributed by atoms with Crippen molar-refractivity contribution in [1.29, 1.82) is 0 Å². The van der Waals surface area contributed by atoms with E-state index in [1.54, 1.807) is 0 Å². The maximum absolute atomic E-state index is 5.29. The van der Waals surface area contributed by atoms with Crippen LogP contribution in [0.1, 0.15) is 141 Å². The van der Waals surface area contributed by atoms with Crippen LogP contribution in [0.25, 0.3) is 29.5 Å². The van der Waals surface area contributed by atoms with Gasteiger partial charge in [-0.2, -0.15) is 0 Å². The highest BCUT2D eigenvalue weighted by molar-refractivity contribution is 9.11. The van der Waals surface area contributed by atoms with Crippen LogP contribution < -0.4 is 0 Å². The van der Waals surface area contributed by atoms with Gasteiger partial charge in [0.2, 0.25) is 0 Å². The molecule has 0 saturated carbocycles. The molecule has 0 radical (unpaired) electrons. The second-order valence-electron chi connectivity index (χ2n) is 12.0. The summed E-state index contributed by atoms with van der Waals surface area (Å²) in [6.07, 6.45) is 26.4. The van der Waals surface area contributed by atoms with Gasteiger partial charge in [-0.05, 0) is 81.8 Å². The third-order valence-electron chi connectivity index (χ3n) is 8.21. The number of thiophene rings is 2. The molecule has 0 aliphatic heterocycles. The maximum atomic E-state index is 5.29. The van der Waals surface area contributed by atoms with Crippen molar-refractivity contribution in [2.24, 2.45) is 0 Å². The van der Waals surface area contributed by atoms with Crippen molar-refractivity contribution >= 4 is 77.2 Å². The minimum atomic E-state index is 1.05. The number of aromatic nitrogens is 2. The Hall–Kier alpha value is -0.380. The number of unbranched alkanes of at least 4 members (excludes halogenated alkanes) is 16. The van der Waals surface area contributed by atoms with E-state index in [0.29, 0.717) is 0 Å². The SMILES string of the molecule is CCCCCCCCCCCc1nc(-c2nc(CCCCCCCCCCC)c(-c3ccc(Br)s3)s2)sc1-c1ccc(Br)s1. The lowest BCUT2D eigenvalue weighted by Crippen LogP contribution is -1.90. The number of halogens is 2. The zero-order valence-electron chi connectivity index (χ0n) is 26.7. The monoisotopic (exact) mass is 796 g/mol. The van der Waals surface area contributed by atoms with Gasteiger partial charge in [-0.1, -0.05) is 117 Å². The molecule has 4 aromatic rings. The van der Waals surface area contributed by atoms with Gasteiger partial charge in [0.25, 0.3) is 0 Å². The lowest BCUT2D eigenvalue weighted by Gasteiger charge is -2.03. The summed E-state index contributed by atoms with van der Waals surface area (Å²) in [5.74, 6) is 0. The molecule has 8 heteroatoms. The molecule has 0 spiro atoms. The fourth-order valence-corrected chi connectivity index (χ4v) is 11.0. The summed E-state index contributed by atoms with van der Waals surface area (Å²) in [6, 6.07) is 8.83. The van der Waals surface area contributed by atoms with Crippen LogP contribution in [-0.2, 0) is 12.8 Å². The van der Waals surface area contributed by atoms with E-state index in [2.05, 4.69) is 70.0 Å². The van der Waals surface area contributed by atoms with Crippen LogP contribution in [0.5, 0.6) is 0 Å². The molecule has 4 aromatic heterocycles. The molecule has 0 saturated heterocycles. The molecule has 0 aromatic carbocycles. The van der Waals surface area contributed by atoms with E-state index in [4.69, 9.17) is 9.97 Å². The van der Waals surface area contributed by atoms with Gasteiger partial charge in [-0.3, -0.25) is 0 Å². The van der Waals surface area contributed by atoms with Gasteiger partial charge in [0.1, 0.15) is 0 Å². The molecular formula is C36H50Br2N2S4. The van der Waals surface area contributed by atoms with E-state index in [1.165, 1.54) is 154 Å². The van der Waals surface area contributed by atoms with Crippen molar-refractivity contribution in [3.05, 3.63) is 43.2 Å². The summed E-state index contributed by atoms with van der Waals surface area (Å²) < 4.78 is 2.36. The summed E-state index contributed by atoms with van der Waals surface area (Å²) >= 11 is 14.7. The molecular weight excluding hydrogens is 748 g/mol. The molecule has 0 unspecified atom stereocenters. The zero-order valence-corrected chi connectivity index (χ0v) is 33.2. The number of hydrogen-bond donors (Lipinski definition) is 0. The lowest BCUT2D eigenvalue weighted by atomic mass is 10.1. The minimum Gasteiger partial charge on any atom is -0.238 e. The fraction of sp³-hybridized carbons (Fsp3) is 0.611. The Balaban J connectivity index is 1.42. The van der Waals surface area contributed by atoms with E-state index in [-0.39, 0.29) is 0 Å². The second-order valence-corrected chi connectivity index (χ2v) is 18.9. The average Bonchev–Trinajstić information content (AvgIpc) is 3.82. The average molecular weight is 799 g/mol. The lowest BCUT2D eigenvalue weighted by molar-refractivity contribution is 0.564. The van der Waals surface area contributed by atoms with Crippen molar-refractivity contribution in [2.75, 3.05) is 0 Å². The van der Waals surface area contributed by atoms with Crippen LogP contribution in [0.4, 0.5) is 0 Å². The molecule has 4 heterocycles. The Morgan fingerprint density at radius 2 is 0.795 bits per heavy atom. The Kier molecular flexibility index (Phi) is 17.2. The molecule has 242 valence electrons. The third kappa shape index (κ3) is 12.0. The summed E-state index contributed by atoms with van der Waals surface area (Å²) in [4.78, 5) is 15.9. The van der Waals surface area contributed by atoms with Gasteiger partial charge in [-0.15, -0.1) is 45.3 Å². The standard InChI is InChI=1S/C36H50Br2N2S4/c1-3-5-7-9-11-13-15-17-19-21-27-33(29-23-25-31(37)41-29)43-35(39-27)36-40-28(34(44-36)30-24-26-32(38)42-30)22-20-18-16-14-12-10-8-6-4-2/h23-26H,3-22H2,1-2H3. The van der Waals surface area contributed by atoms with Crippen molar-refractivity contribution < 1.29 is 0 Å². The van der Waals surface area contributed by atoms with Gasteiger partial charge in [0.05, 0.1) is 28.7 Å². The number of thiazole rings is 2. The minimum absolute atomic E-state index is 1.05. The first-order chi connectivity index (χ1) is 21.6. The van der Waals surface area contributed by atoms with Crippen LogP contribution in [-0.4, -0.2) is 9.97 Å². The Morgan fingerprint density at radius 1 is 0.455 bits per heavy atom. The van der Waals surface area contributed by atoms with Crippen molar-refractivity contribution in [3.63, 3.8) is 0 Å². The number of hydrogen-bond acceptors (Lipinski definition) is 6. The first-order valence-electron chi connectivity index (χ1n) is 17.1. The van der Waals surface area contributed by atoms with Crippen LogP contribution >= 0.6 is 77.2 Å². The van der Waals surface area contributed by atoms with E-state index in [1.807, 2.05) is 45.3 Å². The highest BCUT2D eigenvalue weighted by atomic mass is 79.9. The van der Waals surface area contributed by atoms with Crippen LogP contribution in [0.15, 0.2) is 31.8 Å². The first-order valence-corrected chi connectivity index (χ1v) is 22.0. The summed E-state index contributed by atoms with van der Waals surface area (Å²) in [5, 5.41) is 2.19. The summed E-state index contributed by atoms with van der Waals surface area (Å²) in [7, 11) is 0. The Morgan fingerprint density at radius 3 is 1.11 bits per heavy atom. The Bertz CT molecular complexity index is 1250. The molecule has 0 aliphatic carbocycles. The van der Waals surface area contributed by atoms with Crippen LogP contribution in [0.2, 0.25) is 0 Å².